The van der Waals surface area contributed by atoms with E-state index >= 15 is 0 Å². The second-order valence-electron chi connectivity index (χ2n) is 3.74. The molecule has 1 rings (SSSR count). The third-order valence-electron chi connectivity index (χ3n) is 2.57. The molecule has 76 valence electrons. The molecule has 1 N–H and O–H groups in total. The molecule has 1 aliphatic rings. The van der Waals surface area contributed by atoms with E-state index in [9.17, 15) is 4.79 Å². The second kappa shape index (κ2) is 5.22. The van der Waals surface area contributed by atoms with Gasteiger partial charge in [0.2, 0.25) is 5.91 Å². The Hall–Kier alpha value is -0.570. The predicted molar refractivity (Wildman–Crippen MR) is 53.6 cm³/mol. The number of carbonyl (C=O) groups is 1. The standard InChI is InChI=1S/C10H20N2O/c1-3-4-5-10(13)12-7-6-11-8-9(12)2/h9,11H,3-8H2,1-2H3/t9-/m0/s1. The van der Waals surface area contributed by atoms with Gasteiger partial charge in [-0.3, -0.25) is 4.79 Å². The minimum atomic E-state index is 0.329. The molecular formula is C10H20N2O. The summed E-state index contributed by atoms with van der Waals surface area (Å²) < 4.78 is 0. The van der Waals surface area contributed by atoms with Crippen molar-refractivity contribution in [2.24, 2.45) is 0 Å². The fourth-order valence-corrected chi connectivity index (χ4v) is 1.68. The number of hydrogen-bond acceptors (Lipinski definition) is 2. The molecule has 0 spiro atoms. The highest BCUT2D eigenvalue weighted by Gasteiger charge is 2.21. The number of carbonyl (C=O) groups excluding carboxylic acids is 1. The molecule has 1 heterocycles. The molecule has 0 unspecified atom stereocenters. The number of unbranched alkanes of at least 4 members (excludes halogenated alkanes) is 1. The molecule has 3 heteroatoms. The molecule has 0 aromatic carbocycles. The SMILES string of the molecule is CCCCC(=O)N1CCNC[C@@H]1C. The van der Waals surface area contributed by atoms with Gasteiger partial charge < -0.3 is 10.2 Å². The van der Waals surface area contributed by atoms with Crippen molar-refractivity contribution in [2.45, 2.75) is 39.2 Å². The Bertz CT molecular complexity index is 170. The Kier molecular flexibility index (Phi) is 4.22. The molecule has 0 aliphatic carbocycles. The Labute approximate surface area is 80.5 Å². The summed E-state index contributed by atoms with van der Waals surface area (Å²) >= 11 is 0. The Balaban J connectivity index is 2.35. The number of nitrogens with one attached hydrogen (secondary N) is 1. The van der Waals surface area contributed by atoms with Gasteiger partial charge in [-0.1, -0.05) is 13.3 Å². The average Bonchev–Trinajstić information content (AvgIpc) is 2.15. The number of nitrogens with zero attached hydrogens (tertiary/aromatic N) is 1. The van der Waals surface area contributed by atoms with E-state index in [-0.39, 0.29) is 0 Å². The van der Waals surface area contributed by atoms with Gasteiger partial charge in [-0.25, -0.2) is 0 Å². The fourth-order valence-electron chi connectivity index (χ4n) is 1.68. The van der Waals surface area contributed by atoms with Crippen molar-refractivity contribution >= 4 is 5.91 Å². The molecule has 0 aromatic rings. The van der Waals surface area contributed by atoms with Crippen LogP contribution in [0.4, 0.5) is 0 Å². The quantitative estimate of drug-likeness (QED) is 0.709. The van der Waals surface area contributed by atoms with Gasteiger partial charge in [-0.05, 0) is 13.3 Å². The molecule has 1 amide bonds. The number of amides is 1. The minimum Gasteiger partial charge on any atom is -0.337 e. The summed E-state index contributed by atoms with van der Waals surface area (Å²) in [5.74, 6) is 0.329. The lowest BCUT2D eigenvalue weighted by Gasteiger charge is -2.34. The first-order valence-electron chi connectivity index (χ1n) is 5.26. The maximum absolute atomic E-state index is 11.7. The van der Waals surface area contributed by atoms with Crippen molar-refractivity contribution in [1.29, 1.82) is 0 Å². The molecular weight excluding hydrogens is 164 g/mol. The molecule has 0 saturated carbocycles. The summed E-state index contributed by atoms with van der Waals surface area (Å²) in [6, 6.07) is 0.373. The van der Waals surface area contributed by atoms with Crippen molar-refractivity contribution in [1.82, 2.24) is 10.2 Å². The van der Waals surface area contributed by atoms with Gasteiger partial charge in [0, 0.05) is 32.1 Å². The van der Waals surface area contributed by atoms with Crippen LogP contribution in [0.1, 0.15) is 33.1 Å². The van der Waals surface area contributed by atoms with E-state index in [0.29, 0.717) is 11.9 Å². The lowest BCUT2D eigenvalue weighted by atomic mass is 10.1. The summed E-state index contributed by atoms with van der Waals surface area (Å²) in [7, 11) is 0. The smallest absolute Gasteiger partial charge is 0.222 e. The van der Waals surface area contributed by atoms with Crippen LogP contribution in [0.3, 0.4) is 0 Å². The summed E-state index contributed by atoms with van der Waals surface area (Å²) in [5, 5.41) is 3.28. The molecule has 13 heavy (non-hydrogen) atoms. The van der Waals surface area contributed by atoms with Crippen LogP contribution in [0.5, 0.6) is 0 Å². The molecule has 3 nitrogen and oxygen atoms in total. The number of rotatable bonds is 3. The fraction of sp³-hybridized carbons (Fsp3) is 0.900. The second-order valence-corrected chi connectivity index (χ2v) is 3.74. The summed E-state index contributed by atoms with van der Waals surface area (Å²) in [6.07, 6.45) is 2.85. The van der Waals surface area contributed by atoms with Crippen LogP contribution in [0.15, 0.2) is 0 Å². The van der Waals surface area contributed by atoms with E-state index in [0.717, 1.165) is 38.9 Å². The molecule has 1 aliphatic heterocycles. The van der Waals surface area contributed by atoms with Crippen LogP contribution in [0.25, 0.3) is 0 Å². The van der Waals surface area contributed by atoms with Crippen molar-refractivity contribution in [3.63, 3.8) is 0 Å². The van der Waals surface area contributed by atoms with Crippen molar-refractivity contribution < 1.29 is 4.79 Å². The van der Waals surface area contributed by atoms with Gasteiger partial charge >= 0.3 is 0 Å². The van der Waals surface area contributed by atoms with Gasteiger partial charge in [0.25, 0.3) is 0 Å². The molecule has 1 atom stereocenters. The largest absolute Gasteiger partial charge is 0.337 e. The van der Waals surface area contributed by atoms with Crippen LogP contribution < -0.4 is 5.32 Å². The first kappa shape index (κ1) is 10.5. The molecule has 1 fully saturated rings. The average molecular weight is 184 g/mol. The highest BCUT2D eigenvalue weighted by atomic mass is 16.2. The summed E-state index contributed by atoms with van der Waals surface area (Å²) in [4.78, 5) is 13.7. The van der Waals surface area contributed by atoms with E-state index in [1.807, 2.05) is 4.90 Å². The van der Waals surface area contributed by atoms with Crippen molar-refractivity contribution in [3.8, 4) is 0 Å². The highest BCUT2D eigenvalue weighted by molar-refractivity contribution is 5.76. The zero-order valence-corrected chi connectivity index (χ0v) is 8.68. The Morgan fingerprint density at radius 2 is 2.38 bits per heavy atom. The van der Waals surface area contributed by atoms with Crippen LogP contribution in [0, 0.1) is 0 Å². The monoisotopic (exact) mass is 184 g/mol. The molecule has 1 saturated heterocycles. The maximum Gasteiger partial charge on any atom is 0.222 e. The first-order valence-corrected chi connectivity index (χ1v) is 5.26. The zero-order valence-electron chi connectivity index (χ0n) is 8.68. The number of piperazine rings is 1. The van der Waals surface area contributed by atoms with E-state index in [1.54, 1.807) is 0 Å². The van der Waals surface area contributed by atoms with E-state index in [2.05, 4.69) is 19.2 Å². The number of hydrogen-bond donors (Lipinski definition) is 1. The zero-order chi connectivity index (χ0) is 9.68. The van der Waals surface area contributed by atoms with Crippen LogP contribution in [-0.4, -0.2) is 36.5 Å². The third-order valence-corrected chi connectivity index (χ3v) is 2.57. The van der Waals surface area contributed by atoms with E-state index in [1.165, 1.54) is 0 Å². The van der Waals surface area contributed by atoms with E-state index < -0.39 is 0 Å². The first-order chi connectivity index (χ1) is 6.25. The predicted octanol–water partition coefficient (Wildman–Crippen LogP) is 0.997. The minimum absolute atomic E-state index is 0.329. The molecule has 0 aromatic heterocycles. The summed E-state index contributed by atoms with van der Waals surface area (Å²) in [5.41, 5.74) is 0. The van der Waals surface area contributed by atoms with Crippen molar-refractivity contribution in [3.05, 3.63) is 0 Å². The highest BCUT2D eigenvalue weighted by Crippen LogP contribution is 2.07. The molecule has 0 radical (unpaired) electrons. The molecule has 0 bridgehead atoms. The third kappa shape index (κ3) is 2.99. The van der Waals surface area contributed by atoms with Crippen LogP contribution in [-0.2, 0) is 4.79 Å². The lowest BCUT2D eigenvalue weighted by Crippen LogP contribution is -2.52. The lowest BCUT2D eigenvalue weighted by molar-refractivity contribution is -0.134. The normalized spacial score (nSPS) is 23.2. The van der Waals surface area contributed by atoms with Gasteiger partial charge in [0.15, 0.2) is 0 Å². The maximum atomic E-state index is 11.7. The van der Waals surface area contributed by atoms with Crippen LogP contribution >= 0.6 is 0 Å². The van der Waals surface area contributed by atoms with Gasteiger partial charge in [0.1, 0.15) is 0 Å². The Morgan fingerprint density at radius 3 is 3.00 bits per heavy atom. The van der Waals surface area contributed by atoms with Gasteiger partial charge in [-0.2, -0.15) is 0 Å². The van der Waals surface area contributed by atoms with Crippen molar-refractivity contribution in [2.75, 3.05) is 19.6 Å². The van der Waals surface area contributed by atoms with Gasteiger partial charge in [0.05, 0.1) is 0 Å². The van der Waals surface area contributed by atoms with E-state index in [4.69, 9.17) is 0 Å². The van der Waals surface area contributed by atoms with Gasteiger partial charge in [-0.15, -0.1) is 0 Å². The topological polar surface area (TPSA) is 32.3 Å². The Morgan fingerprint density at radius 1 is 1.62 bits per heavy atom. The van der Waals surface area contributed by atoms with Crippen LogP contribution in [0.2, 0.25) is 0 Å². The summed E-state index contributed by atoms with van der Waals surface area (Å²) in [6.45, 7) is 6.99.